The van der Waals surface area contributed by atoms with Crippen molar-refractivity contribution in [3.8, 4) is 0 Å². The lowest BCUT2D eigenvalue weighted by Crippen LogP contribution is -2.33. The Morgan fingerprint density at radius 3 is 2.88 bits per heavy atom. The van der Waals surface area contributed by atoms with Gasteiger partial charge < -0.3 is 11.1 Å². The molecule has 94 valence electrons. The molecule has 0 radical (unpaired) electrons. The van der Waals surface area contributed by atoms with E-state index in [1.54, 1.807) is 0 Å². The van der Waals surface area contributed by atoms with Crippen molar-refractivity contribution in [3.05, 3.63) is 10.6 Å². The molecule has 4 nitrogen and oxygen atoms in total. The lowest BCUT2D eigenvalue weighted by molar-refractivity contribution is 0.0941. The van der Waals surface area contributed by atoms with Crippen LogP contribution in [-0.4, -0.2) is 28.4 Å². The fraction of sp³-hybridized carbons (Fsp3) is 0.636. The number of carbonyl (C=O) groups excluding carboxylic acids is 1. The van der Waals surface area contributed by atoms with Crippen molar-refractivity contribution < 1.29 is 4.79 Å². The molecule has 0 bridgehead atoms. The van der Waals surface area contributed by atoms with Crippen molar-refractivity contribution in [2.24, 2.45) is 0 Å². The topological polar surface area (TPSA) is 68.0 Å². The lowest BCUT2D eigenvalue weighted by atomic mass is 10.2. The number of nitrogen functional groups attached to an aromatic ring is 1. The highest BCUT2D eigenvalue weighted by atomic mass is 32.2. The average Bonchev–Trinajstić information content (AvgIpc) is 2.85. The van der Waals surface area contributed by atoms with Gasteiger partial charge in [-0.15, -0.1) is 0 Å². The number of aromatic nitrogens is 1. The smallest absolute Gasteiger partial charge is 0.263 e. The monoisotopic (exact) mass is 271 g/mol. The Bertz CT molecular complexity index is 419. The zero-order valence-corrected chi connectivity index (χ0v) is 11.7. The zero-order valence-electron chi connectivity index (χ0n) is 10.0. The first kappa shape index (κ1) is 12.7. The van der Waals surface area contributed by atoms with Crippen molar-refractivity contribution in [2.45, 2.75) is 37.5 Å². The maximum Gasteiger partial charge on any atom is 0.263 e. The first-order chi connectivity index (χ1) is 8.10. The van der Waals surface area contributed by atoms with Crippen LogP contribution < -0.4 is 11.1 Å². The van der Waals surface area contributed by atoms with Gasteiger partial charge in [-0.25, -0.2) is 4.98 Å². The molecule has 0 aliphatic heterocycles. The molecular weight excluding hydrogens is 254 g/mol. The summed E-state index contributed by atoms with van der Waals surface area (Å²) in [5.74, 6) is -0.0246. The quantitative estimate of drug-likeness (QED) is 0.883. The van der Waals surface area contributed by atoms with Crippen LogP contribution in [0.5, 0.6) is 0 Å². The van der Waals surface area contributed by atoms with E-state index in [-0.39, 0.29) is 5.91 Å². The molecule has 1 heterocycles. The van der Waals surface area contributed by atoms with Crippen molar-refractivity contribution in [1.29, 1.82) is 0 Å². The van der Waals surface area contributed by atoms with E-state index >= 15 is 0 Å². The molecule has 1 aliphatic carbocycles. The number of rotatable bonds is 3. The molecule has 1 aromatic heterocycles. The van der Waals surface area contributed by atoms with Crippen LogP contribution in [0.1, 0.15) is 34.6 Å². The van der Waals surface area contributed by atoms with Crippen LogP contribution in [0.4, 0.5) is 5.13 Å². The highest BCUT2D eigenvalue weighted by Crippen LogP contribution is 2.29. The maximum absolute atomic E-state index is 12.0. The van der Waals surface area contributed by atoms with Gasteiger partial charge in [0.25, 0.3) is 5.91 Å². The molecule has 2 atom stereocenters. The van der Waals surface area contributed by atoms with E-state index in [9.17, 15) is 4.79 Å². The van der Waals surface area contributed by atoms with Crippen molar-refractivity contribution in [1.82, 2.24) is 10.3 Å². The number of carbonyl (C=O) groups is 1. The molecule has 1 amide bonds. The number of thioether (sulfide) groups is 1. The normalized spacial score (nSPS) is 23.9. The Labute approximate surface area is 109 Å². The molecule has 1 aromatic rings. The van der Waals surface area contributed by atoms with E-state index in [0.717, 1.165) is 18.5 Å². The molecule has 1 aliphatic rings. The molecule has 6 heteroatoms. The summed E-state index contributed by atoms with van der Waals surface area (Å²) in [5.41, 5.74) is 6.32. The molecule has 3 N–H and O–H groups in total. The van der Waals surface area contributed by atoms with Gasteiger partial charge in [0.05, 0.1) is 5.69 Å². The van der Waals surface area contributed by atoms with Gasteiger partial charge in [-0.2, -0.15) is 11.8 Å². The number of nitrogens with zero attached hydrogens (tertiary/aromatic N) is 1. The zero-order chi connectivity index (χ0) is 12.4. The largest absolute Gasteiger partial charge is 0.375 e. The van der Waals surface area contributed by atoms with Crippen LogP contribution in [0.25, 0.3) is 0 Å². The molecule has 2 rings (SSSR count). The fourth-order valence-corrected chi connectivity index (χ4v) is 3.70. The summed E-state index contributed by atoms with van der Waals surface area (Å²) in [7, 11) is 0. The van der Waals surface area contributed by atoms with Gasteiger partial charge >= 0.3 is 0 Å². The molecule has 1 saturated carbocycles. The van der Waals surface area contributed by atoms with Crippen LogP contribution in [0.15, 0.2) is 0 Å². The van der Waals surface area contributed by atoms with Gasteiger partial charge in [0.2, 0.25) is 0 Å². The van der Waals surface area contributed by atoms with Gasteiger partial charge in [0.1, 0.15) is 4.88 Å². The molecule has 0 spiro atoms. The van der Waals surface area contributed by atoms with Crippen molar-refractivity contribution >= 4 is 34.1 Å². The molecular formula is C11H17N3OS2. The van der Waals surface area contributed by atoms with Gasteiger partial charge in [-0.3, -0.25) is 4.79 Å². The van der Waals surface area contributed by atoms with Gasteiger partial charge in [-0.1, -0.05) is 11.3 Å². The third kappa shape index (κ3) is 2.93. The highest BCUT2D eigenvalue weighted by molar-refractivity contribution is 7.99. The Kier molecular flexibility index (Phi) is 3.93. The molecule has 17 heavy (non-hydrogen) atoms. The predicted octanol–water partition coefficient (Wildman–Crippen LogP) is 2.05. The summed E-state index contributed by atoms with van der Waals surface area (Å²) < 4.78 is 0. The lowest BCUT2D eigenvalue weighted by Gasteiger charge is -2.11. The van der Waals surface area contributed by atoms with E-state index in [0.29, 0.717) is 21.3 Å². The number of nitrogens with one attached hydrogen (secondary N) is 1. The molecule has 2 unspecified atom stereocenters. The summed E-state index contributed by atoms with van der Waals surface area (Å²) in [6.45, 7) is 1.82. The first-order valence-electron chi connectivity index (χ1n) is 5.66. The van der Waals surface area contributed by atoms with Gasteiger partial charge in [0, 0.05) is 11.3 Å². The van der Waals surface area contributed by atoms with Crippen LogP contribution >= 0.6 is 23.1 Å². The minimum atomic E-state index is -0.0246. The summed E-state index contributed by atoms with van der Waals surface area (Å²) in [4.78, 5) is 16.7. The number of thiazole rings is 1. The van der Waals surface area contributed by atoms with Crippen LogP contribution in [-0.2, 0) is 0 Å². The summed E-state index contributed by atoms with van der Waals surface area (Å²) in [6, 6.07) is 0.308. The second-order valence-corrected chi connectivity index (χ2v) is 6.48. The number of amides is 1. The van der Waals surface area contributed by atoms with Gasteiger partial charge in [0.15, 0.2) is 5.13 Å². The van der Waals surface area contributed by atoms with Crippen LogP contribution in [0, 0.1) is 6.92 Å². The van der Waals surface area contributed by atoms with Gasteiger partial charge in [-0.05, 0) is 32.4 Å². The fourth-order valence-electron chi connectivity index (χ4n) is 2.16. The number of nitrogens with two attached hydrogens (primary N) is 1. The second-order valence-electron chi connectivity index (χ2n) is 4.31. The van der Waals surface area contributed by atoms with E-state index in [1.807, 2.05) is 18.7 Å². The number of anilines is 1. The Balaban J connectivity index is 1.96. The predicted molar refractivity (Wildman–Crippen MR) is 73.7 cm³/mol. The third-order valence-electron chi connectivity index (χ3n) is 3.07. The summed E-state index contributed by atoms with van der Waals surface area (Å²) in [5, 5.41) is 4.22. The standard InChI is InChI=1S/C11H17N3OS2/c1-6-9(17-11(12)13-6)10(15)14-7-3-4-8(5-7)16-2/h7-8H,3-5H2,1-2H3,(H2,12,13)(H,14,15). The minimum absolute atomic E-state index is 0.0246. The van der Waals surface area contributed by atoms with Crippen LogP contribution in [0.3, 0.4) is 0 Å². The summed E-state index contributed by atoms with van der Waals surface area (Å²) in [6.07, 6.45) is 5.46. The average molecular weight is 271 g/mol. The third-order valence-corrected chi connectivity index (χ3v) is 5.15. The Hall–Kier alpha value is -0.750. The maximum atomic E-state index is 12.0. The van der Waals surface area contributed by atoms with Crippen molar-refractivity contribution in [2.75, 3.05) is 12.0 Å². The SMILES string of the molecule is CSC1CCC(NC(=O)c2sc(N)nc2C)C1. The second kappa shape index (κ2) is 5.27. The Morgan fingerprint density at radius 1 is 1.59 bits per heavy atom. The van der Waals surface area contributed by atoms with E-state index < -0.39 is 0 Å². The number of hydrogen-bond donors (Lipinski definition) is 2. The molecule has 1 fully saturated rings. The minimum Gasteiger partial charge on any atom is -0.375 e. The number of hydrogen-bond acceptors (Lipinski definition) is 5. The molecule has 0 saturated heterocycles. The summed E-state index contributed by atoms with van der Waals surface area (Å²) >= 11 is 3.15. The molecule has 0 aromatic carbocycles. The first-order valence-corrected chi connectivity index (χ1v) is 7.77. The van der Waals surface area contributed by atoms with Crippen LogP contribution in [0.2, 0.25) is 0 Å². The van der Waals surface area contributed by atoms with E-state index in [4.69, 9.17) is 5.73 Å². The number of aryl methyl sites for hydroxylation is 1. The Morgan fingerprint density at radius 2 is 2.35 bits per heavy atom. The van der Waals surface area contributed by atoms with Crippen molar-refractivity contribution in [3.63, 3.8) is 0 Å². The van der Waals surface area contributed by atoms with E-state index in [1.165, 1.54) is 17.8 Å². The van der Waals surface area contributed by atoms with E-state index in [2.05, 4.69) is 16.6 Å². The highest BCUT2D eigenvalue weighted by Gasteiger charge is 2.26.